The number of hydrogen-bond donors (Lipinski definition) is 1. The third kappa shape index (κ3) is 4.65. The van der Waals surface area contributed by atoms with Crippen LogP contribution in [0.15, 0.2) is 41.4 Å². The summed E-state index contributed by atoms with van der Waals surface area (Å²) in [5.41, 5.74) is 4.78. The van der Waals surface area contributed by atoms with Crippen molar-refractivity contribution in [2.24, 2.45) is 0 Å². The van der Waals surface area contributed by atoms with Gasteiger partial charge in [-0.3, -0.25) is 0 Å². The molecule has 0 aliphatic carbocycles. The molecule has 20 heavy (non-hydrogen) atoms. The number of hydrogen-bond acceptors (Lipinski definition) is 3. The summed E-state index contributed by atoms with van der Waals surface area (Å²) in [6.45, 7) is 8.90. The van der Waals surface area contributed by atoms with Gasteiger partial charge in [0.05, 0.1) is 20.0 Å². The van der Waals surface area contributed by atoms with E-state index in [-0.39, 0.29) is 0 Å². The van der Waals surface area contributed by atoms with Crippen molar-refractivity contribution < 1.29 is 9.47 Å². The largest absolute Gasteiger partial charge is 0.501 e. The van der Waals surface area contributed by atoms with Gasteiger partial charge >= 0.3 is 0 Å². The highest BCUT2D eigenvalue weighted by Crippen LogP contribution is 2.18. The Bertz CT molecular complexity index is 516. The molecule has 0 heterocycles. The zero-order valence-electron chi connectivity index (χ0n) is 13.3. The number of ether oxygens (including phenoxy) is 2. The third-order valence-electron chi connectivity index (χ3n) is 3.23. The Kier molecular flexibility index (Phi) is 6.16. The first-order valence-corrected chi connectivity index (χ1v) is 6.75. The first-order chi connectivity index (χ1) is 9.47. The second-order valence-electron chi connectivity index (χ2n) is 4.98. The van der Waals surface area contributed by atoms with Crippen molar-refractivity contribution in [3.63, 3.8) is 0 Å². The highest BCUT2D eigenvalue weighted by molar-refractivity contribution is 5.53. The maximum absolute atomic E-state index is 5.41. The molecule has 0 saturated carbocycles. The standard InChI is InChI=1S/C17H25NO2/c1-12-7-8-13(2)16(9-12)18-11-14(3)17(20-6)10-15(4)19-5/h7-10,18H,11H2,1-6H3/b15-10+,17-14-. The Morgan fingerprint density at radius 3 is 2.45 bits per heavy atom. The highest BCUT2D eigenvalue weighted by atomic mass is 16.5. The Balaban J connectivity index is 2.83. The minimum absolute atomic E-state index is 0.737. The number of allylic oxidation sites excluding steroid dienone is 2. The summed E-state index contributed by atoms with van der Waals surface area (Å²) < 4.78 is 10.6. The summed E-state index contributed by atoms with van der Waals surface area (Å²) in [6, 6.07) is 6.41. The number of benzene rings is 1. The van der Waals surface area contributed by atoms with E-state index in [1.165, 1.54) is 11.1 Å². The molecule has 1 rings (SSSR count). The Morgan fingerprint density at radius 1 is 1.15 bits per heavy atom. The van der Waals surface area contributed by atoms with Gasteiger partial charge in [-0.15, -0.1) is 0 Å². The summed E-state index contributed by atoms with van der Waals surface area (Å²) in [4.78, 5) is 0. The van der Waals surface area contributed by atoms with Crippen molar-refractivity contribution in [2.75, 3.05) is 26.1 Å². The van der Waals surface area contributed by atoms with Gasteiger partial charge in [0, 0.05) is 18.3 Å². The van der Waals surface area contributed by atoms with E-state index in [0.29, 0.717) is 0 Å². The maximum atomic E-state index is 5.41. The molecular formula is C17H25NO2. The van der Waals surface area contributed by atoms with Gasteiger partial charge in [-0.1, -0.05) is 12.1 Å². The average Bonchev–Trinajstić information content (AvgIpc) is 2.44. The molecule has 0 radical (unpaired) electrons. The van der Waals surface area contributed by atoms with Crippen molar-refractivity contribution in [1.82, 2.24) is 0 Å². The minimum atomic E-state index is 0.737. The lowest BCUT2D eigenvalue weighted by Crippen LogP contribution is -2.07. The number of nitrogens with one attached hydrogen (secondary N) is 1. The molecular weight excluding hydrogens is 250 g/mol. The molecule has 0 aliphatic heterocycles. The van der Waals surface area contributed by atoms with Crippen LogP contribution in [0.1, 0.15) is 25.0 Å². The van der Waals surface area contributed by atoms with Gasteiger partial charge in [0.15, 0.2) is 0 Å². The second kappa shape index (κ2) is 7.63. The zero-order valence-corrected chi connectivity index (χ0v) is 13.3. The predicted octanol–water partition coefficient (Wildman–Crippen LogP) is 4.19. The van der Waals surface area contributed by atoms with Gasteiger partial charge in [-0.2, -0.15) is 0 Å². The minimum Gasteiger partial charge on any atom is -0.501 e. The molecule has 0 amide bonds. The van der Waals surface area contributed by atoms with Crippen molar-refractivity contribution >= 4 is 5.69 Å². The monoisotopic (exact) mass is 275 g/mol. The molecule has 0 aromatic heterocycles. The highest BCUT2D eigenvalue weighted by Gasteiger charge is 2.03. The summed E-state index contributed by atoms with van der Waals surface area (Å²) in [7, 11) is 3.33. The van der Waals surface area contributed by atoms with Crippen LogP contribution in [0.3, 0.4) is 0 Å². The Hall–Kier alpha value is -1.90. The van der Waals surface area contributed by atoms with E-state index in [1.807, 2.05) is 13.0 Å². The topological polar surface area (TPSA) is 30.5 Å². The van der Waals surface area contributed by atoms with E-state index in [9.17, 15) is 0 Å². The average molecular weight is 275 g/mol. The van der Waals surface area contributed by atoms with Crippen LogP contribution >= 0.6 is 0 Å². The molecule has 0 saturated heterocycles. The van der Waals surface area contributed by atoms with Crippen molar-refractivity contribution in [1.29, 1.82) is 0 Å². The van der Waals surface area contributed by atoms with Gasteiger partial charge in [-0.25, -0.2) is 0 Å². The number of aryl methyl sites for hydroxylation is 2. The fraction of sp³-hybridized carbons (Fsp3) is 0.412. The molecule has 0 aliphatic rings. The predicted molar refractivity (Wildman–Crippen MR) is 84.9 cm³/mol. The van der Waals surface area contributed by atoms with Crippen molar-refractivity contribution in [2.45, 2.75) is 27.7 Å². The second-order valence-corrected chi connectivity index (χ2v) is 4.98. The number of methoxy groups -OCH3 is 2. The van der Waals surface area contributed by atoms with Crippen LogP contribution in [-0.2, 0) is 9.47 Å². The van der Waals surface area contributed by atoms with Gasteiger partial charge in [0.2, 0.25) is 0 Å². The Morgan fingerprint density at radius 2 is 1.85 bits per heavy atom. The summed E-state index contributed by atoms with van der Waals surface area (Å²) in [5, 5.41) is 3.45. The van der Waals surface area contributed by atoms with E-state index in [0.717, 1.165) is 29.3 Å². The van der Waals surface area contributed by atoms with Gasteiger partial charge in [0.1, 0.15) is 5.76 Å². The van der Waals surface area contributed by atoms with Crippen LogP contribution < -0.4 is 5.32 Å². The van der Waals surface area contributed by atoms with Crippen LogP contribution in [-0.4, -0.2) is 20.8 Å². The normalized spacial score (nSPS) is 12.8. The molecule has 110 valence electrons. The molecule has 0 fully saturated rings. The fourth-order valence-electron chi connectivity index (χ4n) is 1.84. The van der Waals surface area contributed by atoms with Crippen molar-refractivity contribution in [3.8, 4) is 0 Å². The maximum Gasteiger partial charge on any atom is 0.122 e. The van der Waals surface area contributed by atoms with Crippen LogP contribution in [0.2, 0.25) is 0 Å². The van der Waals surface area contributed by atoms with E-state index in [4.69, 9.17) is 9.47 Å². The fourth-order valence-corrected chi connectivity index (χ4v) is 1.84. The summed E-state index contributed by atoms with van der Waals surface area (Å²) in [5.74, 6) is 1.66. The summed E-state index contributed by atoms with van der Waals surface area (Å²) >= 11 is 0. The summed E-state index contributed by atoms with van der Waals surface area (Å²) in [6.07, 6.45) is 1.90. The quantitative estimate of drug-likeness (QED) is 0.624. The van der Waals surface area contributed by atoms with Crippen LogP contribution in [0.25, 0.3) is 0 Å². The van der Waals surface area contributed by atoms with Crippen LogP contribution in [0.5, 0.6) is 0 Å². The first kappa shape index (κ1) is 16.2. The molecule has 1 aromatic rings. The van der Waals surface area contributed by atoms with Gasteiger partial charge in [0.25, 0.3) is 0 Å². The molecule has 0 atom stereocenters. The molecule has 3 heteroatoms. The molecule has 0 bridgehead atoms. The van der Waals surface area contributed by atoms with E-state index >= 15 is 0 Å². The molecule has 0 spiro atoms. The lowest BCUT2D eigenvalue weighted by molar-refractivity contribution is 0.275. The van der Waals surface area contributed by atoms with E-state index in [2.05, 4.69) is 44.3 Å². The zero-order chi connectivity index (χ0) is 15.1. The molecule has 3 nitrogen and oxygen atoms in total. The Labute approximate surface area is 122 Å². The molecule has 0 unspecified atom stereocenters. The van der Waals surface area contributed by atoms with Gasteiger partial charge in [-0.05, 0) is 50.5 Å². The smallest absolute Gasteiger partial charge is 0.122 e. The van der Waals surface area contributed by atoms with Crippen molar-refractivity contribution in [3.05, 3.63) is 52.5 Å². The lowest BCUT2D eigenvalue weighted by atomic mass is 10.1. The van der Waals surface area contributed by atoms with E-state index in [1.54, 1.807) is 14.2 Å². The number of rotatable bonds is 6. The third-order valence-corrected chi connectivity index (χ3v) is 3.23. The van der Waals surface area contributed by atoms with E-state index < -0.39 is 0 Å². The van der Waals surface area contributed by atoms with Crippen LogP contribution in [0, 0.1) is 13.8 Å². The number of anilines is 1. The molecule has 1 N–H and O–H groups in total. The van der Waals surface area contributed by atoms with Gasteiger partial charge < -0.3 is 14.8 Å². The lowest BCUT2D eigenvalue weighted by Gasteiger charge is -2.13. The first-order valence-electron chi connectivity index (χ1n) is 6.75. The SMILES string of the molecule is COC(/C=C(\C)OC)=C(/C)CNc1cc(C)ccc1C. The molecule has 1 aromatic carbocycles. The van der Waals surface area contributed by atoms with Crippen LogP contribution in [0.4, 0.5) is 5.69 Å².